The predicted octanol–water partition coefficient (Wildman–Crippen LogP) is 4.97. The van der Waals surface area contributed by atoms with E-state index < -0.39 is 12.0 Å². The number of urea groups is 1. The molecule has 1 unspecified atom stereocenters. The lowest BCUT2D eigenvalue weighted by Crippen LogP contribution is -2.47. The summed E-state index contributed by atoms with van der Waals surface area (Å²) in [5, 5.41) is 2.99. The SMILES string of the molecule is CC1=C(C(=O)OCc2ccccc2)C(c2ccccc2)NC(=O)N1Cc1ccccc1. The summed E-state index contributed by atoms with van der Waals surface area (Å²) in [4.78, 5) is 27.8. The maximum atomic E-state index is 13.2. The molecule has 0 aliphatic carbocycles. The van der Waals surface area contributed by atoms with E-state index in [1.807, 2.05) is 91.0 Å². The van der Waals surface area contributed by atoms with E-state index in [2.05, 4.69) is 5.32 Å². The van der Waals surface area contributed by atoms with Gasteiger partial charge in [0.05, 0.1) is 18.2 Å². The minimum Gasteiger partial charge on any atom is -0.457 e. The molecule has 4 rings (SSSR count). The molecule has 31 heavy (non-hydrogen) atoms. The van der Waals surface area contributed by atoms with Gasteiger partial charge in [0.25, 0.3) is 0 Å². The van der Waals surface area contributed by atoms with Gasteiger partial charge in [-0.05, 0) is 23.6 Å². The fourth-order valence-corrected chi connectivity index (χ4v) is 3.70. The Hall–Kier alpha value is -3.86. The lowest BCUT2D eigenvalue weighted by atomic mass is 9.94. The molecule has 0 spiro atoms. The molecule has 5 nitrogen and oxygen atoms in total. The van der Waals surface area contributed by atoms with Gasteiger partial charge in [-0.3, -0.25) is 4.90 Å². The van der Waals surface area contributed by atoms with Crippen molar-refractivity contribution in [1.29, 1.82) is 0 Å². The normalized spacial score (nSPS) is 16.1. The maximum absolute atomic E-state index is 13.2. The number of carbonyl (C=O) groups excluding carboxylic acids is 2. The first kappa shape index (κ1) is 20.4. The molecular weight excluding hydrogens is 388 g/mol. The van der Waals surface area contributed by atoms with Crippen molar-refractivity contribution < 1.29 is 14.3 Å². The van der Waals surface area contributed by atoms with E-state index >= 15 is 0 Å². The molecule has 0 saturated carbocycles. The van der Waals surface area contributed by atoms with E-state index in [9.17, 15) is 9.59 Å². The van der Waals surface area contributed by atoms with Crippen molar-refractivity contribution in [1.82, 2.24) is 10.2 Å². The summed E-state index contributed by atoms with van der Waals surface area (Å²) >= 11 is 0. The van der Waals surface area contributed by atoms with Gasteiger partial charge in [0.15, 0.2) is 0 Å². The molecule has 0 aromatic heterocycles. The van der Waals surface area contributed by atoms with Crippen molar-refractivity contribution in [3.63, 3.8) is 0 Å². The van der Waals surface area contributed by atoms with Crippen LogP contribution in [0.5, 0.6) is 0 Å². The summed E-state index contributed by atoms with van der Waals surface area (Å²) in [5.41, 5.74) is 3.76. The van der Waals surface area contributed by atoms with E-state index in [-0.39, 0.29) is 12.6 Å². The van der Waals surface area contributed by atoms with E-state index in [1.165, 1.54) is 0 Å². The molecule has 2 amide bonds. The fraction of sp³-hybridized carbons (Fsp3) is 0.154. The first-order valence-electron chi connectivity index (χ1n) is 10.2. The van der Waals surface area contributed by atoms with Crippen LogP contribution in [0.15, 0.2) is 102 Å². The first-order valence-corrected chi connectivity index (χ1v) is 10.2. The van der Waals surface area contributed by atoms with Crippen molar-refractivity contribution in [2.24, 2.45) is 0 Å². The monoisotopic (exact) mass is 412 g/mol. The van der Waals surface area contributed by atoms with Gasteiger partial charge in [-0.25, -0.2) is 9.59 Å². The molecule has 0 bridgehead atoms. The fourth-order valence-electron chi connectivity index (χ4n) is 3.70. The Bertz CT molecular complexity index is 1080. The van der Waals surface area contributed by atoms with Gasteiger partial charge >= 0.3 is 12.0 Å². The van der Waals surface area contributed by atoms with Crippen LogP contribution in [0.4, 0.5) is 4.79 Å². The highest BCUT2D eigenvalue weighted by Gasteiger charge is 2.36. The molecule has 1 aliphatic rings. The van der Waals surface area contributed by atoms with Gasteiger partial charge in [-0.1, -0.05) is 91.0 Å². The Balaban J connectivity index is 1.66. The van der Waals surface area contributed by atoms with E-state index in [0.717, 1.165) is 16.7 Å². The molecule has 156 valence electrons. The number of hydrogen-bond acceptors (Lipinski definition) is 3. The number of nitrogens with one attached hydrogen (secondary N) is 1. The Morgan fingerprint density at radius 1 is 0.871 bits per heavy atom. The van der Waals surface area contributed by atoms with Gasteiger partial charge in [0.2, 0.25) is 0 Å². The number of rotatable bonds is 6. The number of nitrogens with zero attached hydrogens (tertiary/aromatic N) is 1. The molecule has 3 aromatic rings. The number of carbonyl (C=O) groups is 2. The van der Waals surface area contributed by atoms with Gasteiger partial charge in [-0.15, -0.1) is 0 Å². The number of ether oxygens (including phenoxy) is 1. The first-order chi connectivity index (χ1) is 15.1. The highest BCUT2D eigenvalue weighted by molar-refractivity contribution is 5.95. The third-order valence-electron chi connectivity index (χ3n) is 5.35. The number of esters is 1. The second kappa shape index (κ2) is 9.30. The van der Waals surface area contributed by atoms with Crippen LogP contribution in [-0.2, 0) is 22.7 Å². The molecular formula is C26H24N2O3. The third-order valence-corrected chi connectivity index (χ3v) is 5.35. The summed E-state index contributed by atoms with van der Waals surface area (Å²) in [6, 6.07) is 27.9. The Morgan fingerprint density at radius 3 is 2.03 bits per heavy atom. The largest absolute Gasteiger partial charge is 0.457 e. The third kappa shape index (κ3) is 4.67. The number of amides is 2. The minimum absolute atomic E-state index is 0.171. The lowest BCUT2D eigenvalue weighted by Gasteiger charge is -2.35. The average Bonchev–Trinajstić information content (AvgIpc) is 2.82. The molecule has 3 aromatic carbocycles. The molecule has 0 fully saturated rings. The lowest BCUT2D eigenvalue weighted by molar-refractivity contribution is -0.141. The smallest absolute Gasteiger partial charge is 0.338 e. The number of hydrogen-bond donors (Lipinski definition) is 1. The second-order valence-corrected chi connectivity index (χ2v) is 7.43. The summed E-state index contributed by atoms with van der Waals surface area (Å²) in [6.07, 6.45) is 0. The summed E-state index contributed by atoms with van der Waals surface area (Å²) in [5.74, 6) is -0.437. The highest BCUT2D eigenvalue weighted by atomic mass is 16.5. The molecule has 0 radical (unpaired) electrons. The Labute approximate surface area is 182 Å². The summed E-state index contributed by atoms with van der Waals surface area (Å²) in [7, 11) is 0. The van der Waals surface area contributed by atoms with Crippen LogP contribution in [0.1, 0.15) is 29.7 Å². The zero-order chi connectivity index (χ0) is 21.6. The average molecular weight is 412 g/mol. The Morgan fingerprint density at radius 2 is 1.42 bits per heavy atom. The van der Waals surface area contributed by atoms with Crippen LogP contribution in [0.2, 0.25) is 0 Å². The van der Waals surface area contributed by atoms with Gasteiger partial charge in [0, 0.05) is 5.70 Å². The van der Waals surface area contributed by atoms with Crippen molar-refractivity contribution in [2.75, 3.05) is 0 Å². The maximum Gasteiger partial charge on any atom is 0.338 e. The van der Waals surface area contributed by atoms with Crippen LogP contribution < -0.4 is 5.32 Å². The number of benzene rings is 3. The van der Waals surface area contributed by atoms with Crippen LogP contribution in [0.3, 0.4) is 0 Å². The van der Waals surface area contributed by atoms with Crippen LogP contribution in [0, 0.1) is 0 Å². The predicted molar refractivity (Wildman–Crippen MR) is 119 cm³/mol. The van der Waals surface area contributed by atoms with E-state index in [0.29, 0.717) is 17.8 Å². The van der Waals surface area contributed by atoms with Crippen molar-refractivity contribution in [3.05, 3.63) is 119 Å². The number of allylic oxidation sites excluding steroid dienone is 1. The van der Waals surface area contributed by atoms with Gasteiger partial charge < -0.3 is 10.1 Å². The molecule has 1 aliphatic heterocycles. The van der Waals surface area contributed by atoms with Crippen molar-refractivity contribution in [3.8, 4) is 0 Å². The standard InChI is InChI=1S/C26H24N2O3/c1-19-23(25(29)31-18-21-13-7-3-8-14-21)24(22-15-9-4-10-16-22)27-26(30)28(19)17-20-11-5-2-6-12-20/h2-16,24H,17-18H2,1H3,(H,27,30). The van der Waals surface area contributed by atoms with E-state index in [4.69, 9.17) is 4.74 Å². The van der Waals surface area contributed by atoms with Crippen LogP contribution in [-0.4, -0.2) is 16.9 Å². The molecule has 1 heterocycles. The van der Waals surface area contributed by atoms with Crippen molar-refractivity contribution >= 4 is 12.0 Å². The summed E-state index contributed by atoms with van der Waals surface area (Å²) in [6.45, 7) is 2.34. The minimum atomic E-state index is -0.566. The van der Waals surface area contributed by atoms with Crippen LogP contribution in [0.25, 0.3) is 0 Å². The summed E-state index contributed by atoms with van der Waals surface area (Å²) < 4.78 is 5.65. The molecule has 0 saturated heterocycles. The molecule has 1 atom stereocenters. The topological polar surface area (TPSA) is 58.6 Å². The zero-order valence-electron chi connectivity index (χ0n) is 17.3. The quantitative estimate of drug-likeness (QED) is 0.582. The van der Waals surface area contributed by atoms with Gasteiger partial charge in [-0.2, -0.15) is 0 Å². The zero-order valence-corrected chi connectivity index (χ0v) is 17.3. The second-order valence-electron chi connectivity index (χ2n) is 7.43. The van der Waals surface area contributed by atoms with Crippen molar-refractivity contribution in [2.45, 2.75) is 26.1 Å². The highest BCUT2D eigenvalue weighted by Crippen LogP contribution is 2.32. The molecule has 5 heteroatoms. The molecule has 1 N–H and O–H groups in total. The van der Waals surface area contributed by atoms with Gasteiger partial charge in [0.1, 0.15) is 6.61 Å². The Kier molecular flexibility index (Phi) is 6.13. The van der Waals surface area contributed by atoms with E-state index in [1.54, 1.807) is 11.8 Å². The van der Waals surface area contributed by atoms with Crippen LogP contribution >= 0.6 is 0 Å².